The number of carbonyl (C=O) groups excluding carboxylic acids is 4. The summed E-state index contributed by atoms with van der Waals surface area (Å²) in [5.74, 6) is -2.61. The molecule has 1 aliphatic rings. The van der Waals surface area contributed by atoms with E-state index in [2.05, 4.69) is 15.8 Å². The topological polar surface area (TPSA) is 159 Å². The summed E-state index contributed by atoms with van der Waals surface area (Å²) in [6.07, 6.45) is -0.305. The number of fused-ring (bicyclic) bond motifs is 1. The van der Waals surface area contributed by atoms with Gasteiger partial charge in [0.2, 0.25) is 23.2 Å². The van der Waals surface area contributed by atoms with E-state index in [1.165, 1.54) is 0 Å². The van der Waals surface area contributed by atoms with Crippen LogP contribution >= 0.6 is 11.8 Å². The number of aliphatic hydroxyl groups excluding tert-OH is 2. The van der Waals surface area contributed by atoms with Crippen molar-refractivity contribution in [3.8, 4) is 0 Å². The zero-order chi connectivity index (χ0) is 24.2. The van der Waals surface area contributed by atoms with Gasteiger partial charge in [0.15, 0.2) is 5.69 Å². The van der Waals surface area contributed by atoms with Crippen molar-refractivity contribution in [2.24, 2.45) is 5.41 Å². The number of nitrogens with one attached hydrogen (secondary N) is 2. The number of anilines is 1. The van der Waals surface area contributed by atoms with Crippen LogP contribution in [0.25, 0.3) is 0 Å². The van der Waals surface area contributed by atoms with Crippen molar-refractivity contribution in [2.45, 2.75) is 20.0 Å². The number of amides is 2. The first-order chi connectivity index (χ1) is 15.7. The number of benzene rings is 1. The summed E-state index contributed by atoms with van der Waals surface area (Å²) in [4.78, 5) is 50.0. The predicted molar refractivity (Wildman–Crippen MR) is 120 cm³/mol. The number of allylic oxidation sites excluding steroid dienone is 2. The monoisotopic (exact) mass is 473 g/mol. The van der Waals surface area contributed by atoms with Crippen LogP contribution < -0.4 is 10.6 Å². The van der Waals surface area contributed by atoms with Crippen LogP contribution in [0.2, 0.25) is 0 Å². The molecule has 0 saturated heterocycles. The van der Waals surface area contributed by atoms with Crippen LogP contribution in [0.15, 0.2) is 45.8 Å². The first-order valence-electron chi connectivity index (χ1n) is 10.0. The number of nitrogens with zero attached hydrogens (tertiary/aromatic N) is 1. The molecule has 1 aliphatic carbocycles. The number of para-hydroxylation sites is 1. The largest absolute Gasteiger partial charge is 0.396 e. The molecule has 1 aromatic carbocycles. The lowest BCUT2D eigenvalue weighted by Gasteiger charge is -2.27. The number of rotatable bonds is 9. The summed E-state index contributed by atoms with van der Waals surface area (Å²) < 4.78 is 4.96. The smallest absolute Gasteiger partial charge is 0.278 e. The van der Waals surface area contributed by atoms with Crippen LogP contribution in [0, 0.1) is 5.41 Å². The highest BCUT2D eigenvalue weighted by Gasteiger charge is 2.36. The highest BCUT2D eigenvalue weighted by molar-refractivity contribution is 8.04. The number of hydrogen-bond acceptors (Lipinski definition) is 9. The van der Waals surface area contributed by atoms with E-state index >= 15 is 0 Å². The molecular formula is C22H23N3O7S. The maximum absolute atomic E-state index is 12.9. The Balaban J connectivity index is 1.63. The average Bonchev–Trinajstić information content (AvgIpc) is 3.26. The molecule has 0 unspecified atom stereocenters. The Morgan fingerprint density at radius 3 is 2.58 bits per heavy atom. The van der Waals surface area contributed by atoms with Crippen molar-refractivity contribution in [1.82, 2.24) is 10.5 Å². The van der Waals surface area contributed by atoms with Gasteiger partial charge in [-0.2, -0.15) is 0 Å². The molecule has 174 valence electrons. The molecule has 0 bridgehead atoms. The van der Waals surface area contributed by atoms with Gasteiger partial charge in [0, 0.05) is 29.5 Å². The van der Waals surface area contributed by atoms with Gasteiger partial charge in [-0.15, -0.1) is 11.8 Å². The van der Waals surface area contributed by atoms with E-state index in [1.54, 1.807) is 44.2 Å². The van der Waals surface area contributed by atoms with Crippen LogP contribution in [-0.2, 0) is 4.79 Å². The van der Waals surface area contributed by atoms with E-state index in [-0.39, 0.29) is 40.8 Å². The van der Waals surface area contributed by atoms with Gasteiger partial charge >= 0.3 is 0 Å². The number of ketones is 2. The lowest BCUT2D eigenvalue weighted by atomic mass is 9.87. The molecular weight excluding hydrogens is 450 g/mol. The highest BCUT2D eigenvalue weighted by Crippen LogP contribution is 2.30. The molecule has 0 saturated carbocycles. The lowest BCUT2D eigenvalue weighted by molar-refractivity contribution is -0.136. The van der Waals surface area contributed by atoms with Gasteiger partial charge < -0.3 is 25.4 Å². The number of carbonyl (C=O) groups is 4. The van der Waals surface area contributed by atoms with Crippen LogP contribution in [0.5, 0.6) is 0 Å². The van der Waals surface area contributed by atoms with Gasteiger partial charge in [-0.25, -0.2) is 0 Å². The van der Waals surface area contributed by atoms with E-state index in [0.29, 0.717) is 5.69 Å². The Hall–Kier alpha value is -3.28. The number of thioether (sulfide) groups is 1. The van der Waals surface area contributed by atoms with Crippen molar-refractivity contribution >= 4 is 40.8 Å². The number of aromatic nitrogens is 1. The summed E-state index contributed by atoms with van der Waals surface area (Å²) in [5.41, 5.74) is -1.02. The third kappa shape index (κ3) is 5.38. The zero-order valence-corrected chi connectivity index (χ0v) is 18.8. The van der Waals surface area contributed by atoms with E-state index in [0.717, 1.165) is 17.8 Å². The van der Waals surface area contributed by atoms with Crippen LogP contribution in [-0.4, -0.2) is 63.8 Å². The van der Waals surface area contributed by atoms with Crippen molar-refractivity contribution < 1.29 is 33.9 Å². The fraction of sp³-hybridized carbons (Fsp3) is 0.318. The molecule has 0 aliphatic heterocycles. The third-order valence-electron chi connectivity index (χ3n) is 4.93. The fourth-order valence-electron chi connectivity index (χ4n) is 2.89. The summed E-state index contributed by atoms with van der Waals surface area (Å²) >= 11 is 1.01. The fourth-order valence-corrected chi connectivity index (χ4v) is 3.74. The summed E-state index contributed by atoms with van der Waals surface area (Å²) in [6, 6.07) is 8.54. The van der Waals surface area contributed by atoms with Crippen LogP contribution in [0.1, 0.15) is 45.2 Å². The van der Waals surface area contributed by atoms with Gasteiger partial charge in [-0.05, 0) is 12.1 Å². The molecule has 1 aromatic heterocycles. The Labute approximate surface area is 193 Å². The minimum atomic E-state index is -1.41. The van der Waals surface area contributed by atoms with Crippen LogP contribution in [0.3, 0.4) is 0 Å². The molecule has 33 heavy (non-hydrogen) atoms. The predicted octanol–water partition coefficient (Wildman–Crippen LogP) is 1.42. The summed E-state index contributed by atoms with van der Waals surface area (Å²) in [6.45, 7) is 2.82. The van der Waals surface area contributed by atoms with Gasteiger partial charge in [-0.1, -0.05) is 37.2 Å². The SMILES string of the molecule is CC(C)(CO)[C@@H](O)C(=O)NCCSC1=CC(=O)c2onc(C(=O)Nc3ccccc3)c2C1=O. The minimum Gasteiger partial charge on any atom is -0.396 e. The Bertz CT molecular complexity index is 1110. The first kappa shape index (κ1) is 24.4. The van der Waals surface area contributed by atoms with Gasteiger partial charge in [-0.3, -0.25) is 19.2 Å². The highest BCUT2D eigenvalue weighted by atomic mass is 32.2. The number of hydrogen-bond donors (Lipinski definition) is 4. The first-order valence-corrected chi connectivity index (χ1v) is 11.0. The van der Waals surface area contributed by atoms with E-state index in [4.69, 9.17) is 4.52 Å². The summed E-state index contributed by atoms with van der Waals surface area (Å²) in [7, 11) is 0. The lowest BCUT2D eigenvalue weighted by Crippen LogP contribution is -2.46. The number of aliphatic hydroxyl groups is 2. The third-order valence-corrected chi connectivity index (χ3v) is 5.95. The Kier molecular flexibility index (Phi) is 7.46. The molecule has 3 rings (SSSR count). The second kappa shape index (κ2) is 10.1. The molecule has 1 heterocycles. The molecule has 10 nitrogen and oxygen atoms in total. The average molecular weight is 474 g/mol. The van der Waals surface area contributed by atoms with Crippen molar-refractivity contribution in [3.63, 3.8) is 0 Å². The maximum Gasteiger partial charge on any atom is 0.278 e. The molecule has 2 aromatic rings. The minimum absolute atomic E-state index is 0.0787. The maximum atomic E-state index is 12.9. The van der Waals surface area contributed by atoms with Gasteiger partial charge in [0.05, 0.1) is 11.5 Å². The van der Waals surface area contributed by atoms with E-state index < -0.39 is 34.9 Å². The normalized spacial score (nSPS) is 14.4. The molecule has 11 heteroatoms. The second-order valence-corrected chi connectivity index (χ2v) is 9.08. The second-order valence-electron chi connectivity index (χ2n) is 7.95. The van der Waals surface area contributed by atoms with Crippen molar-refractivity contribution in [1.29, 1.82) is 0 Å². The number of Topliss-reactive ketones (excluding diaryl/α,β-unsaturated/α-hetero) is 1. The standard InChI is InChI=1S/C22H23N3O7S/c1-22(2,11-26)19(29)21(31)23-8-9-33-14-10-13(27)18-15(17(14)28)16(25-32-18)20(30)24-12-6-4-3-5-7-12/h3-7,10,19,26,29H,8-9,11H2,1-2H3,(H,23,31)(H,24,30)/t19-/m0/s1. The Morgan fingerprint density at radius 1 is 1.21 bits per heavy atom. The molecule has 2 amide bonds. The van der Waals surface area contributed by atoms with E-state index in [1.807, 2.05) is 0 Å². The van der Waals surface area contributed by atoms with Gasteiger partial charge in [0.25, 0.3) is 5.91 Å². The Morgan fingerprint density at radius 2 is 1.91 bits per heavy atom. The molecule has 1 atom stereocenters. The van der Waals surface area contributed by atoms with Crippen molar-refractivity contribution in [3.05, 3.63) is 58.3 Å². The molecule has 4 N–H and O–H groups in total. The molecule has 0 spiro atoms. The quantitative estimate of drug-likeness (QED) is 0.395. The summed E-state index contributed by atoms with van der Waals surface area (Å²) in [5, 5.41) is 28.0. The van der Waals surface area contributed by atoms with E-state index in [9.17, 15) is 29.4 Å². The van der Waals surface area contributed by atoms with Gasteiger partial charge in [0.1, 0.15) is 11.7 Å². The van der Waals surface area contributed by atoms with Crippen molar-refractivity contribution in [2.75, 3.05) is 24.2 Å². The van der Waals surface area contributed by atoms with Crippen LogP contribution in [0.4, 0.5) is 5.69 Å². The zero-order valence-electron chi connectivity index (χ0n) is 18.0. The molecule has 0 radical (unpaired) electrons. The molecule has 0 fully saturated rings.